The second kappa shape index (κ2) is 8.10. The summed E-state index contributed by atoms with van der Waals surface area (Å²) in [6.07, 6.45) is 0.155. The lowest BCUT2D eigenvalue weighted by molar-refractivity contribution is -0.118. The van der Waals surface area contributed by atoms with Crippen LogP contribution in [0, 0.1) is 10.5 Å². The summed E-state index contributed by atoms with van der Waals surface area (Å²) in [5, 5.41) is 0. The predicted molar refractivity (Wildman–Crippen MR) is 98.9 cm³/mol. The molecule has 0 saturated heterocycles. The van der Waals surface area contributed by atoms with E-state index in [2.05, 4.69) is 22.6 Å². The van der Waals surface area contributed by atoms with Crippen LogP contribution in [0.15, 0.2) is 48.5 Å². The van der Waals surface area contributed by atoms with Crippen molar-refractivity contribution in [2.75, 3.05) is 6.54 Å². The van der Waals surface area contributed by atoms with Gasteiger partial charge in [0, 0.05) is 28.6 Å². The molecule has 23 heavy (non-hydrogen) atoms. The molecule has 5 heteroatoms. The Bertz CT molecular complexity index is 701. The van der Waals surface area contributed by atoms with Gasteiger partial charge < -0.3 is 10.6 Å². The highest BCUT2D eigenvalue weighted by molar-refractivity contribution is 14.1. The van der Waals surface area contributed by atoms with E-state index in [1.807, 2.05) is 55.5 Å². The zero-order valence-corrected chi connectivity index (χ0v) is 15.1. The average molecular weight is 422 g/mol. The van der Waals surface area contributed by atoms with Crippen molar-refractivity contribution in [3.8, 4) is 0 Å². The fraction of sp³-hybridized carbons (Fsp3) is 0.222. The standard InChI is InChI=1S/C18H19IN2O2/c1-13-11-15(7-8-16(13)19)18(23)21(10-9-17(20)22)12-14-5-3-2-4-6-14/h2-8,11H,9-10,12H2,1H3,(H2,20,22). The number of benzene rings is 2. The topological polar surface area (TPSA) is 63.4 Å². The highest BCUT2D eigenvalue weighted by Crippen LogP contribution is 2.16. The van der Waals surface area contributed by atoms with Gasteiger partial charge in [0.25, 0.3) is 5.91 Å². The minimum Gasteiger partial charge on any atom is -0.370 e. The first-order chi connectivity index (χ1) is 11.0. The van der Waals surface area contributed by atoms with Gasteiger partial charge in [-0.25, -0.2) is 0 Å². The van der Waals surface area contributed by atoms with E-state index in [4.69, 9.17) is 5.73 Å². The first-order valence-electron chi connectivity index (χ1n) is 7.35. The Morgan fingerprint density at radius 3 is 2.43 bits per heavy atom. The lowest BCUT2D eigenvalue weighted by atomic mass is 10.1. The van der Waals surface area contributed by atoms with Gasteiger partial charge in [-0.2, -0.15) is 0 Å². The van der Waals surface area contributed by atoms with Crippen molar-refractivity contribution < 1.29 is 9.59 Å². The first kappa shape index (κ1) is 17.5. The molecule has 0 atom stereocenters. The lowest BCUT2D eigenvalue weighted by Crippen LogP contribution is -2.33. The van der Waals surface area contributed by atoms with E-state index < -0.39 is 5.91 Å². The third kappa shape index (κ3) is 5.06. The highest BCUT2D eigenvalue weighted by atomic mass is 127. The third-order valence-electron chi connectivity index (χ3n) is 3.54. The van der Waals surface area contributed by atoms with Crippen LogP contribution < -0.4 is 5.73 Å². The molecule has 120 valence electrons. The zero-order chi connectivity index (χ0) is 16.8. The fourth-order valence-corrected chi connectivity index (χ4v) is 2.60. The summed E-state index contributed by atoms with van der Waals surface area (Å²) in [5.41, 5.74) is 7.95. The van der Waals surface area contributed by atoms with Crippen molar-refractivity contribution in [3.05, 3.63) is 68.8 Å². The maximum atomic E-state index is 12.8. The fourth-order valence-electron chi connectivity index (χ4n) is 2.26. The molecule has 2 N–H and O–H groups in total. The number of nitrogens with two attached hydrogens (primary N) is 1. The molecule has 2 aromatic carbocycles. The Morgan fingerprint density at radius 2 is 1.83 bits per heavy atom. The third-order valence-corrected chi connectivity index (χ3v) is 4.75. The van der Waals surface area contributed by atoms with Crippen LogP contribution in [0.3, 0.4) is 0 Å². The number of aryl methyl sites for hydroxylation is 1. The summed E-state index contributed by atoms with van der Waals surface area (Å²) >= 11 is 2.24. The largest absolute Gasteiger partial charge is 0.370 e. The minimum atomic E-state index is -0.408. The van der Waals surface area contributed by atoms with E-state index in [0.717, 1.165) is 14.7 Å². The second-order valence-corrected chi connectivity index (χ2v) is 6.55. The van der Waals surface area contributed by atoms with Crippen molar-refractivity contribution in [1.82, 2.24) is 4.90 Å². The normalized spacial score (nSPS) is 10.3. The number of rotatable bonds is 6. The Morgan fingerprint density at radius 1 is 1.13 bits per heavy atom. The van der Waals surface area contributed by atoms with Gasteiger partial charge >= 0.3 is 0 Å². The molecule has 4 nitrogen and oxygen atoms in total. The molecule has 0 saturated carbocycles. The van der Waals surface area contributed by atoms with Gasteiger partial charge in [0.05, 0.1) is 0 Å². The monoisotopic (exact) mass is 422 g/mol. The van der Waals surface area contributed by atoms with Crippen molar-refractivity contribution >= 4 is 34.4 Å². The number of nitrogens with zero attached hydrogens (tertiary/aromatic N) is 1. The Labute approximate surface area is 149 Å². The molecule has 0 heterocycles. The van der Waals surface area contributed by atoms with Crippen LogP contribution in [0.5, 0.6) is 0 Å². The molecule has 2 aromatic rings. The summed E-state index contributed by atoms with van der Waals surface area (Å²) in [7, 11) is 0. The predicted octanol–water partition coefficient (Wildman–Crippen LogP) is 3.12. The number of hydrogen-bond donors (Lipinski definition) is 1. The maximum Gasteiger partial charge on any atom is 0.254 e. The van der Waals surface area contributed by atoms with Crippen molar-refractivity contribution in [2.24, 2.45) is 5.73 Å². The molecule has 0 aliphatic rings. The van der Waals surface area contributed by atoms with Crippen LogP contribution in [0.1, 0.15) is 27.9 Å². The molecular weight excluding hydrogens is 403 g/mol. The molecule has 0 spiro atoms. The quantitative estimate of drug-likeness (QED) is 0.728. The zero-order valence-electron chi connectivity index (χ0n) is 13.0. The molecule has 0 unspecified atom stereocenters. The second-order valence-electron chi connectivity index (χ2n) is 5.39. The summed E-state index contributed by atoms with van der Waals surface area (Å²) in [4.78, 5) is 25.6. The summed E-state index contributed by atoms with van der Waals surface area (Å²) in [5.74, 6) is -0.496. The van der Waals surface area contributed by atoms with Crippen LogP contribution in [-0.2, 0) is 11.3 Å². The van der Waals surface area contributed by atoms with Gasteiger partial charge in [-0.1, -0.05) is 30.3 Å². The summed E-state index contributed by atoms with van der Waals surface area (Å²) < 4.78 is 1.12. The number of carbonyl (C=O) groups is 2. The minimum absolute atomic E-state index is 0.0883. The van der Waals surface area contributed by atoms with Crippen LogP contribution in [0.25, 0.3) is 0 Å². The Kier molecular flexibility index (Phi) is 6.15. The molecule has 0 fully saturated rings. The summed E-state index contributed by atoms with van der Waals surface area (Å²) in [6.45, 7) is 2.75. The first-order valence-corrected chi connectivity index (χ1v) is 8.43. The van der Waals surface area contributed by atoms with E-state index in [-0.39, 0.29) is 12.3 Å². The molecule has 0 radical (unpaired) electrons. The molecule has 0 aromatic heterocycles. The number of primary amides is 1. The van der Waals surface area contributed by atoms with Crippen molar-refractivity contribution in [1.29, 1.82) is 0 Å². The smallest absolute Gasteiger partial charge is 0.254 e. The van der Waals surface area contributed by atoms with E-state index in [0.29, 0.717) is 18.7 Å². The Balaban J connectivity index is 2.22. The van der Waals surface area contributed by atoms with Crippen LogP contribution in [0.2, 0.25) is 0 Å². The van der Waals surface area contributed by atoms with Crippen LogP contribution >= 0.6 is 22.6 Å². The summed E-state index contributed by atoms with van der Waals surface area (Å²) in [6, 6.07) is 15.3. The van der Waals surface area contributed by atoms with Gasteiger partial charge in [0.1, 0.15) is 0 Å². The SMILES string of the molecule is Cc1cc(C(=O)N(CCC(N)=O)Cc2ccccc2)ccc1I. The highest BCUT2D eigenvalue weighted by Gasteiger charge is 2.17. The van der Waals surface area contributed by atoms with Gasteiger partial charge in [-0.3, -0.25) is 9.59 Å². The van der Waals surface area contributed by atoms with Crippen LogP contribution in [0.4, 0.5) is 0 Å². The molecule has 0 bridgehead atoms. The average Bonchev–Trinajstić information content (AvgIpc) is 2.54. The molecular formula is C18H19IN2O2. The van der Waals surface area contributed by atoms with E-state index in [1.165, 1.54) is 0 Å². The molecule has 2 rings (SSSR count). The van der Waals surface area contributed by atoms with E-state index >= 15 is 0 Å². The molecule has 2 amide bonds. The number of amides is 2. The van der Waals surface area contributed by atoms with Crippen molar-refractivity contribution in [2.45, 2.75) is 19.9 Å². The maximum absolute atomic E-state index is 12.8. The van der Waals surface area contributed by atoms with Gasteiger partial charge in [-0.15, -0.1) is 0 Å². The van der Waals surface area contributed by atoms with Gasteiger partial charge in [-0.05, 0) is 58.8 Å². The van der Waals surface area contributed by atoms with Crippen molar-refractivity contribution in [3.63, 3.8) is 0 Å². The molecule has 0 aliphatic carbocycles. The number of hydrogen-bond acceptors (Lipinski definition) is 2. The number of carbonyl (C=O) groups excluding carboxylic acids is 2. The Hall–Kier alpha value is -1.89. The lowest BCUT2D eigenvalue weighted by Gasteiger charge is -2.23. The van der Waals surface area contributed by atoms with E-state index in [9.17, 15) is 9.59 Å². The molecule has 0 aliphatic heterocycles. The van der Waals surface area contributed by atoms with Gasteiger partial charge in [0.2, 0.25) is 5.91 Å². The van der Waals surface area contributed by atoms with Crippen LogP contribution in [-0.4, -0.2) is 23.3 Å². The van der Waals surface area contributed by atoms with Gasteiger partial charge in [0.15, 0.2) is 0 Å². The number of halogens is 1. The van der Waals surface area contributed by atoms with E-state index in [1.54, 1.807) is 4.90 Å².